The van der Waals surface area contributed by atoms with Crippen LogP contribution in [0.1, 0.15) is 47.1 Å². The predicted octanol–water partition coefficient (Wildman–Crippen LogP) is 4.15. The van der Waals surface area contributed by atoms with Crippen molar-refractivity contribution in [2.75, 3.05) is 13.7 Å². The summed E-state index contributed by atoms with van der Waals surface area (Å²) >= 11 is 1.22. The summed E-state index contributed by atoms with van der Waals surface area (Å²) in [6.45, 7) is 5.69. The Kier molecular flexibility index (Phi) is 7.17. The van der Waals surface area contributed by atoms with E-state index in [1.54, 1.807) is 54.8 Å². The summed E-state index contributed by atoms with van der Waals surface area (Å²) in [6.07, 6.45) is 1.66. The van der Waals surface area contributed by atoms with Crippen molar-refractivity contribution in [3.8, 4) is 11.3 Å². The third-order valence-corrected chi connectivity index (χ3v) is 7.36. The highest BCUT2D eigenvalue weighted by atomic mass is 32.1. The van der Waals surface area contributed by atoms with Gasteiger partial charge in [-0.3, -0.25) is 9.36 Å². The maximum absolute atomic E-state index is 13.7. The summed E-state index contributed by atoms with van der Waals surface area (Å²) in [6, 6.07) is 17.5. The van der Waals surface area contributed by atoms with Crippen LogP contribution in [0.4, 0.5) is 0 Å². The van der Waals surface area contributed by atoms with Crippen LogP contribution in [0.25, 0.3) is 17.4 Å². The molecule has 9 heteroatoms. The summed E-state index contributed by atoms with van der Waals surface area (Å²) in [4.78, 5) is 43.7. The molecule has 0 radical (unpaired) electrons. The Balaban J connectivity index is 1.60. The number of benzene rings is 2. The van der Waals surface area contributed by atoms with Crippen LogP contribution in [0.2, 0.25) is 0 Å². The Morgan fingerprint density at radius 2 is 1.85 bits per heavy atom. The smallest absolute Gasteiger partial charge is 0.338 e. The van der Waals surface area contributed by atoms with Crippen molar-refractivity contribution < 1.29 is 23.5 Å². The molecule has 1 aliphatic rings. The molecule has 0 fully saturated rings. The minimum Gasteiger partial charge on any atom is -0.465 e. The van der Waals surface area contributed by atoms with Crippen LogP contribution in [0.3, 0.4) is 0 Å². The molecule has 5 rings (SSSR count). The molecule has 1 aliphatic heterocycles. The van der Waals surface area contributed by atoms with E-state index in [4.69, 9.17) is 13.9 Å². The summed E-state index contributed by atoms with van der Waals surface area (Å²) in [7, 11) is 1.33. The lowest BCUT2D eigenvalue weighted by Gasteiger charge is -2.24. The molecular formula is C30H26N2O6S. The number of nitrogens with zero attached hydrogens (tertiary/aromatic N) is 2. The average Bonchev–Trinajstić information content (AvgIpc) is 3.52. The highest BCUT2D eigenvalue weighted by Gasteiger charge is 2.33. The first kappa shape index (κ1) is 26.1. The largest absolute Gasteiger partial charge is 0.465 e. The molecule has 39 heavy (non-hydrogen) atoms. The van der Waals surface area contributed by atoms with Gasteiger partial charge in [-0.05, 0) is 50.6 Å². The van der Waals surface area contributed by atoms with Gasteiger partial charge in [-0.15, -0.1) is 0 Å². The number of aryl methyl sites for hydroxylation is 1. The van der Waals surface area contributed by atoms with Gasteiger partial charge in [-0.25, -0.2) is 14.6 Å². The summed E-state index contributed by atoms with van der Waals surface area (Å²) in [5.74, 6) is 0.0681. The van der Waals surface area contributed by atoms with E-state index in [1.165, 1.54) is 18.4 Å². The molecule has 0 saturated heterocycles. The molecule has 0 unspecified atom stereocenters. The Hall–Kier alpha value is -4.50. The van der Waals surface area contributed by atoms with Crippen molar-refractivity contribution in [3.05, 3.63) is 114 Å². The highest BCUT2D eigenvalue weighted by Crippen LogP contribution is 2.31. The summed E-state index contributed by atoms with van der Waals surface area (Å²) in [5, 5.41) is 0. The Morgan fingerprint density at radius 3 is 2.56 bits per heavy atom. The Bertz CT molecular complexity index is 1790. The molecule has 0 amide bonds. The molecule has 3 heterocycles. The van der Waals surface area contributed by atoms with Gasteiger partial charge >= 0.3 is 11.9 Å². The zero-order valence-corrected chi connectivity index (χ0v) is 22.7. The number of thiazole rings is 1. The number of hydrogen-bond donors (Lipinski definition) is 0. The van der Waals surface area contributed by atoms with Crippen molar-refractivity contribution in [2.24, 2.45) is 4.99 Å². The van der Waals surface area contributed by atoms with Crippen LogP contribution < -0.4 is 14.9 Å². The molecule has 0 bridgehead atoms. The molecule has 2 aromatic heterocycles. The maximum Gasteiger partial charge on any atom is 0.338 e. The van der Waals surface area contributed by atoms with Gasteiger partial charge in [0.25, 0.3) is 5.56 Å². The van der Waals surface area contributed by atoms with Gasteiger partial charge in [0, 0.05) is 11.6 Å². The van der Waals surface area contributed by atoms with Gasteiger partial charge in [0.05, 0.1) is 41.1 Å². The number of esters is 2. The lowest BCUT2D eigenvalue weighted by molar-refractivity contribution is -0.139. The third-order valence-electron chi connectivity index (χ3n) is 6.38. The molecule has 0 aliphatic carbocycles. The number of furan rings is 1. The fraction of sp³-hybridized carbons (Fsp3) is 0.200. The number of ether oxygens (including phenoxy) is 2. The van der Waals surface area contributed by atoms with E-state index in [1.807, 2.05) is 37.3 Å². The summed E-state index contributed by atoms with van der Waals surface area (Å²) < 4.78 is 18.1. The van der Waals surface area contributed by atoms with Crippen LogP contribution in [0.15, 0.2) is 86.1 Å². The van der Waals surface area contributed by atoms with E-state index in [9.17, 15) is 14.4 Å². The fourth-order valence-corrected chi connectivity index (χ4v) is 5.51. The molecule has 0 N–H and O–H groups in total. The lowest BCUT2D eigenvalue weighted by atomic mass is 9.95. The van der Waals surface area contributed by atoms with Gasteiger partial charge in [0.2, 0.25) is 0 Å². The van der Waals surface area contributed by atoms with E-state index >= 15 is 0 Å². The summed E-state index contributed by atoms with van der Waals surface area (Å²) in [5.41, 5.74) is 3.53. The Labute approximate surface area is 228 Å². The zero-order valence-electron chi connectivity index (χ0n) is 21.9. The van der Waals surface area contributed by atoms with Gasteiger partial charge in [-0.2, -0.15) is 0 Å². The molecule has 8 nitrogen and oxygen atoms in total. The van der Waals surface area contributed by atoms with E-state index in [-0.39, 0.29) is 12.2 Å². The molecule has 0 saturated carbocycles. The number of carbonyl (C=O) groups excluding carboxylic acids is 2. The first-order valence-electron chi connectivity index (χ1n) is 12.4. The van der Waals surface area contributed by atoms with Gasteiger partial charge in [0.15, 0.2) is 4.80 Å². The van der Waals surface area contributed by atoms with Crippen molar-refractivity contribution in [3.63, 3.8) is 0 Å². The van der Waals surface area contributed by atoms with Crippen LogP contribution in [0.5, 0.6) is 0 Å². The molecular weight excluding hydrogens is 516 g/mol. The van der Waals surface area contributed by atoms with Gasteiger partial charge in [-0.1, -0.05) is 53.3 Å². The number of carbonyl (C=O) groups is 2. The van der Waals surface area contributed by atoms with Crippen molar-refractivity contribution >= 4 is 29.4 Å². The second-order valence-electron chi connectivity index (χ2n) is 8.99. The monoisotopic (exact) mass is 542 g/mol. The number of methoxy groups -OCH3 is 1. The standard InChI is InChI=1S/C30H26N2O6S/c1-5-37-29(35)25-18(3)31-30-32(26(25)19-11-9-17(2)10-12-19)27(33)24(39-30)16-22-13-14-23(38-22)20-7-6-8-21(15-20)28(34)36-4/h6-16,26H,5H2,1-4H3/b24-16-/t26-/m1/s1. The topological polar surface area (TPSA) is 100 Å². The van der Waals surface area contributed by atoms with Crippen LogP contribution in [-0.2, 0) is 14.3 Å². The molecule has 4 aromatic rings. The minimum atomic E-state index is -0.670. The van der Waals surface area contributed by atoms with Gasteiger partial charge in [0.1, 0.15) is 11.5 Å². The van der Waals surface area contributed by atoms with Crippen LogP contribution in [-0.4, -0.2) is 30.2 Å². The van der Waals surface area contributed by atoms with Crippen LogP contribution >= 0.6 is 11.3 Å². The lowest BCUT2D eigenvalue weighted by Crippen LogP contribution is -2.39. The molecule has 0 spiro atoms. The number of hydrogen-bond acceptors (Lipinski definition) is 8. The van der Waals surface area contributed by atoms with E-state index in [0.29, 0.717) is 43.3 Å². The number of rotatable bonds is 6. The van der Waals surface area contributed by atoms with E-state index in [0.717, 1.165) is 11.1 Å². The quantitative estimate of drug-likeness (QED) is 0.340. The van der Waals surface area contributed by atoms with Gasteiger partial charge < -0.3 is 13.9 Å². The predicted molar refractivity (Wildman–Crippen MR) is 147 cm³/mol. The zero-order chi connectivity index (χ0) is 27.7. The first-order valence-corrected chi connectivity index (χ1v) is 13.2. The number of fused-ring (bicyclic) bond motifs is 1. The third kappa shape index (κ3) is 5.00. The van der Waals surface area contributed by atoms with E-state index < -0.39 is 18.0 Å². The van der Waals surface area contributed by atoms with Crippen molar-refractivity contribution in [2.45, 2.75) is 26.8 Å². The highest BCUT2D eigenvalue weighted by molar-refractivity contribution is 7.07. The first-order chi connectivity index (χ1) is 18.8. The van der Waals surface area contributed by atoms with Crippen molar-refractivity contribution in [1.82, 2.24) is 4.57 Å². The molecule has 2 aromatic carbocycles. The SMILES string of the molecule is CCOC(=O)C1=C(C)N=c2s/c(=C\c3ccc(-c4cccc(C(=O)OC)c4)o3)c(=O)n2[C@@H]1c1ccc(C)cc1. The molecule has 1 atom stereocenters. The van der Waals surface area contributed by atoms with E-state index in [2.05, 4.69) is 4.99 Å². The average molecular weight is 543 g/mol. The normalized spacial score (nSPS) is 15.1. The Morgan fingerprint density at radius 1 is 1.08 bits per heavy atom. The maximum atomic E-state index is 13.7. The second-order valence-corrected chi connectivity index (χ2v) is 10.00. The van der Waals surface area contributed by atoms with Crippen molar-refractivity contribution in [1.29, 1.82) is 0 Å². The molecule has 198 valence electrons. The van der Waals surface area contributed by atoms with Crippen LogP contribution in [0, 0.1) is 6.92 Å². The second kappa shape index (κ2) is 10.7. The number of allylic oxidation sites excluding steroid dienone is 1. The fourth-order valence-electron chi connectivity index (χ4n) is 4.49. The minimum absolute atomic E-state index is 0.212. The number of aromatic nitrogens is 1.